The third-order valence-corrected chi connectivity index (χ3v) is 10.2. The highest BCUT2D eigenvalue weighted by Gasteiger charge is 2.53. The number of carbonyl (C=O) groups is 2. The molecule has 3 N–H and O–H groups in total. The topological polar surface area (TPSA) is 84.9 Å². The van der Waals surface area contributed by atoms with Crippen LogP contribution in [0.2, 0.25) is 0 Å². The minimum atomic E-state index is -1.13. The minimum Gasteiger partial charge on any atom is -0.380 e. The van der Waals surface area contributed by atoms with Crippen molar-refractivity contribution in [1.29, 1.82) is 0 Å². The lowest BCUT2D eigenvalue weighted by Crippen LogP contribution is -2.54. The Labute approximate surface area is 221 Å². The lowest BCUT2D eigenvalue weighted by Gasteiger charge is -2.46. The van der Waals surface area contributed by atoms with Crippen LogP contribution < -0.4 is 10.9 Å². The van der Waals surface area contributed by atoms with Gasteiger partial charge in [-0.3, -0.25) is 15.0 Å². The first-order chi connectivity index (χ1) is 18.0. The maximum Gasteiger partial charge on any atom is 0.254 e. The molecule has 7 heteroatoms. The molecule has 1 aromatic carbocycles. The van der Waals surface area contributed by atoms with Crippen LogP contribution in [0.3, 0.4) is 0 Å². The summed E-state index contributed by atoms with van der Waals surface area (Å²) in [4.78, 5) is 29.2. The summed E-state index contributed by atoms with van der Waals surface area (Å²) in [5, 5.41) is 10.1. The van der Waals surface area contributed by atoms with Crippen molar-refractivity contribution in [3.05, 3.63) is 35.4 Å². The zero-order valence-corrected chi connectivity index (χ0v) is 22.2. The van der Waals surface area contributed by atoms with Crippen molar-refractivity contribution < 1.29 is 14.7 Å². The van der Waals surface area contributed by atoms with Crippen LogP contribution in [0.5, 0.6) is 0 Å². The summed E-state index contributed by atoms with van der Waals surface area (Å²) >= 11 is 0. The smallest absolute Gasteiger partial charge is 0.254 e. The number of nitrogens with one attached hydrogen (secondary N) is 2. The molecule has 0 radical (unpaired) electrons. The predicted octanol–water partition coefficient (Wildman–Crippen LogP) is 3.93. The molecule has 37 heavy (non-hydrogen) atoms. The van der Waals surface area contributed by atoms with Gasteiger partial charge in [-0.2, -0.15) is 0 Å². The van der Waals surface area contributed by atoms with E-state index < -0.39 is 5.60 Å². The predicted molar refractivity (Wildman–Crippen MR) is 143 cm³/mol. The van der Waals surface area contributed by atoms with Crippen LogP contribution in [-0.2, 0) is 4.79 Å². The van der Waals surface area contributed by atoms with Gasteiger partial charge in [0.25, 0.3) is 11.8 Å². The molecule has 3 unspecified atom stereocenters. The van der Waals surface area contributed by atoms with Crippen LogP contribution in [-0.4, -0.2) is 64.0 Å². The van der Waals surface area contributed by atoms with Gasteiger partial charge in [-0.1, -0.05) is 57.1 Å². The van der Waals surface area contributed by atoms with Crippen molar-refractivity contribution in [3.8, 4) is 0 Å². The van der Waals surface area contributed by atoms with E-state index >= 15 is 0 Å². The van der Waals surface area contributed by atoms with Gasteiger partial charge in [-0.15, -0.1) is 0 Å². The number of hydrogen-bond donors (Lipinski definition) is 3. The van der Waals surface area contributed by atoms with Crippen molar-refractivity contribution in [3.63, 3.8) is 0 Å². The Hall–Kier alpha value is -1.96. The number of fused-ring (bicyclic) bond motifs is 1. The maximum atomic E-state index is 13.2. The van der Waals surface area contributed by atoms with Gasteiger partial charge >= 0.3 is 0 Å². The van der Waals surface area contributed by atoms with Gasteiger partial charge in [0.2, 0.25) is 0 Å². The van der Waals surface area contributed by atoms with E-state index in [1.54, 1.807) is 4.90 Å². The molecule has 3 atom stereocenters. The molecule has 3 saturated carbocycles. The lowest BCUT2D eigenvalue weighted by molar-refractivity contribution is -0.143. The summed E-state index contributed by atoms with van der Waals surface area (Å²) in [6.07, 6.45) is 15.9. The highest BCUT2D eigenvalue weighted by Crippen LogP contribution is 2.51. The Morgan fingerprint density at radius 3 is 2.08 bits per heavy atom. The fourth-order valence-electron chi connectivity index (χ4n) is 7.81. The van der Waals surface area contributed by atoms with Crippen LogP contribution >= 0.6 is 0 Å². The van der Waals surface area contributed by atoms with Gasteiger partial charge in [0, 0.05) is 37.3 Å². The Balaban J connectivity index is 1.11. The molecule has 0 spiro atoms. The quantitative estimate of drug-likeness (QED) is 0.574. The Morgan fingerprint density at radius 2 is 1.41 bits per heavy atom. The largest absolute Gasteiger partial charge is 0.380 e. The Bertz CT molecular complexity index is 977. The van der Waals surface area contributed by atoms with Crippen molar-refractivity contribution in [2.24, 2.45) is 11.8 Å². The number of hydrazine groups is 1. The Kier molecular flexibility index (Phi) is 7.06. The van der Waals surface area contributed by atoms with E-state index in [-0.39, 0.29) is 23.4 Å². The lowest BCUT2D eigenvalue weighted by atomic mass is 9.61. The normalized spacial score (nSPS) is 32.4. The van der Waals surface area contributed by atoms with E-state index in [1.165, 1.54) is 76.2 Å². The molecule has 2 aliphatic heterocycles. The average molecular weight is 509 g/mol. The first-order valence-electron chi connectivity index (χ1n) is 14.9. The highest BCUT2D eigenvalue weighted by molar-refractivity contribution is 5.94. The summed E-state index contributed by atoms with van der Waals surface area (Å²) in [6, 6.07) is 8.57. The van der Waals surface area contributed by atoms with Crippen LogP contribution in [0.4, 0.5) is 0 Å². The number of benzene rings is 1. The van der Waals surface area contributed by atoms with Gasteiger partial charge < -0.3 is 14.9 Å². The van der Waals surface area contributed by atoms with Crippen LogP contribution in [0, 0.1) is 11.8 Å². The molecule has 0 bridgehead atoms. The van der Waals surface area contributed by atoms with Crippen molar-refractivity contribution in [2.75, 3.05) is 26.2 Å². The summed E-state index contributed by atoms with van der Waals surface area (Å²) in [5.74, 6) is 1.21. The number of rotatable bonds is 4. The number of carbonyl (C=O) groups excluding carboxylic acids is 2. The van der Waals surface area contributed by atoms with E-state index in [0.717, 1.165) is 5.92 Å². The summed E-state index contributed by atoms with van der Waals surface area (Å²) in [7, 11) is 0. The molecule has 5 fully saturated rings. The van der Waals surface area contributed by atoms with Gasteiger partial charge in [0.15, 0.2) is 0 Å². The molecule has 7 nitrogen and oxygen atoms in total. The number of amides is 2. The molecular formula is C30H44N4O3. The molecule has 2 amide bonds. The van der Waals surface area contributed by atoms with Gasteiger partial charge in [0.1, 0.15) is 5.60 Å². The van der Waals surface area contributed by atoms with Crippen LogP contribution in [0.25, 0.3) is 0 Å². The van der Waals surface area contributed by atoms with Crippen molar-refractivity contribution >= 4 is 11.8 Å². The third kappa shape index (κ3) is 4.83. The highest BCUT2D eigenvalue weighted by atomic mass is 16.3. The number of hydrogen-bond acceptors (Lipinski definition) is 5. The number of piperazine rings is 1. The molecule has 1 aromatic rings. The zero-order valence-electron chi connectivity index (χ0n) is 22.2. The molecule has 6 rings (SSSR count). The van der Waals surface area contributed by atoms with Gasteiger partial charge in [-0.05, 0) is 68.1 Å². The molecular weight excluding hydrogens is 464 g/mol. The van der Waals surface area contributed by atoms with Crippen LogP contribution in [0.15, 0.2) is 24.3 Å². The van der Waals surface area contributed by atoms with Crippen molar-refractivity contribution in [1.82, 2.24) is 20.7 Å². The number of nitrogens with zero attached hydrogens (tertiary/aromatic N) is 2. The van der Waals surface area contributed by atoms with E-state index in [2.05, 4.69) is 23.0 Å². The standard InChI is InChI=1S/C30H44N4O3/c35-27(33-18-20-34(21-19-33)28(36)29(37)16-17-29)23-13-11-22(12-14-23)26-25-10-6-7-15-30(25,32-31-26)24-8-4-2-1-3-5-9-24/h11-14,24-26,31-32,37H,1-10,15-21H2. The van der Waals surface area contributed by atoms with E-state index in [0.29, 0.717) is 50.5 Å². The molecule has 5 aliphatic rings. The summed E-state index contributed by atoms with van der Waals surface area (Å²) < 4.78 is 0. The monoisotopic (exact) mass is 508 g/mol. The fourth-order valence-corrected chi connectivity index (χ4v) is 7.81. The molecule has 202 valence electrons. The molecule has 3 aliphatic carbocycles. The second-order valence-electron chi connectivity index (χ2n) is 12.4. The average Bonchev–Trinajstić information content (AvgIpc) is 3.55. The molecule has 0 aromatic heterocycles. The fraction of sp³-hybridized carbons (Fsp3) is 0.733. The minimum absolute atomic E-state index is 0.0304. The van der Waals surface area contributed by atoms with Gasteiger partial charge in [0.05, 0.1) is 6.04 Å². The molecule has 2 saturated heterocycles. The number of aliphatic hydroxyl groups is 1. The third-order valence-electron chi connectivity index (χ3n) is 10.2. The van der Waals surface area contributed by atoms with Crippen molar-refractivity contribution in [2.45, 2.75) is 101 Å². The molecule has 2 heterocycles. The first kappa shape index (κ1) is 25.3. The van der Waals surface area contributed by atoms with Crippen LogP contribution in [0.1, 0.15) is 105 Å². The van der Waals surface area contributed by atoms with E-state index in [1.807, 2.05) is 17.0 Å². The second-order valence-corrected chi connectivity index (χ2v) is 12.4. The van der Waals surface area contributed by atoms with E-state index in [9.17, 15) is 14.7 Å². The first-order valence-corrected chi connectivity index (χ1v) is 14.9. The van der Waals surface area contributed by atoms with Gasteiger partial charge in [-0.25, -0.2) is 5.43 Å². The zero-order chi connectivity index (χ0) is 25.5. The summed E-state index contributed by atoms with van der Waals surface area (Å²) in [6.45, 7) is 2.02. The summed E-state index contributed by atoms with van der Waals surface area (Å²) in [5.41, 5.74) is 8.68. The van der Waals surface area contributed by atoms with E-state index in [4.69, 9.17) is 0 Å². The maximum absolute atomic E-state index is 13.2. The SMILES string of the molecule is O=C(c1ccc(C2NNC3(C4CCCCCCC4)CCCCC23)cc1)N1CCN(C(=O)C2(O)CC2)CC1. The Morgan fingerprint density at radius 1 is 0.784 bits per heavy atom. The second kappa shape index (κ2) is 10.3.